The number of nitriles is 1. The van der Waals surface area contributed by atoms with Crippen LogP contribution in [0.25, 0.3) is 0 Å². The molecule has 30 heavy (non-hydrogen) atoms. The molecule has 3 aliphatic rings. The standard InChI is InChI=1S/C23H25N5O2/c1-14(16-6-4-15(9-24)5-7-16)28-12-20(25-13-28)22(29)27-10-17-18(11-27)21(17)19-8-23(2,3)30-26-19/h4-7,12-14,17-18,21H,8,10-11H2,1-3H3/t14-,17?,18?,21?/m0/s1. The predicted octanol–water partition coefficient (Wildman–Crippen LogP) is 3.24. The van der Waals surface area contributed by atoms with E-state index in [0.717, 1.165) is 25.1 Å². The molecule has 2 unspecified atom stereocenters. The van der Waals surface area contributed by atoms with Crippen molar-refractivity contribution in [3.8, 4) is 6.07 Å². The maximum absolute atomic E-state index is 13.0. The summed E-state index contributed by atoms with van der Waals surface area (Å²) >= 11 is 0. The van der Waals surface area contributed by atoms with E-state index in [-0.39, 0.29) is 17.6 Å². The van der Waals surface area contributed by atoms with Gasteiger partial charge in [-0.05, 0) is 50.3 Å². The zero-order valence-electron chi connectivity index (χ0n) is 17.4. The van der Waals surface area contributed by atoms with Crippen molar-refractivity contribution in [1.29, 1.82) is 5.26 Å². The van der Waals surface area contributed by atoms with Crippen molar-refractivity contribution in [2.45, 2.75) is 38.8 Å². The third-order valence-corrected chi connectivity index (χ3v) is 6.67. The number of hydrogen-bond acceptors (Lipinski definition) is 5. The molecule has 2 aliphatic heterocycles. The van der Waals surface area contributed by atoms with Crippen LogP contribution in [0.5, 0.6) is 0 Å². The topological polar surface area (TPSA) is 83.5 Å². The van der Waals surface area contributed by atoms with Crippen molar-refractivity contribution in [3.05, 3.63) is 53.6 Å². The van der Waals surface area contributed by atoms with Gasteiger partial charge in [0.2, 0.25) is 0 Å². The summed E-state index contributed by atoms with van der Waals surface area (Å²) in [6.07, 6.45) is 4.42. The molecule has 2 fully saturated rings. The Morgan fingerprint density at radius 3 is 2.57 bits per heavy atom. The number of fused-ring (bicyclic) bond motifs is 1. The summed E-state index contributed by atoms with van der Waals surface area (Å²) in [5, 5.41) is 13.3. The van der Waals surface area contributed by atoms with E-state index < -0.39 is 0 Å². The third-order valence-electron chi connectivity index (χ3n) is 6.67. The molecule has 0 bridgehead atoms. The number of hydrogen-bond donors (Lipinski definition) is 0. The van der Waals surface area contributed by atoms with E-state index in [1.165, 1.54) is 5.71 Å². The van der Waals surface area contributed by atoms with Gasteiger partial charge >= 0.3 is 0 Å². The first-order valence-corrected chi connectivity index (χ1v) is 10.4. The van der Waals surface area contributed by atoms with Crippen molar-refractivity contribution in [2.24, 2.45) is 22.9 Å². The molecule has 1 amide bonds. The first kappa shape index (κ1) is 18.9. The van der Waals surface area contributed by atoms with Crippen molar-refractivity contribution in [3.63, 3.8) is 0 Å². The molecule has 3 heterocycles. The lowest BCUT2D eigenvalue weighted by atomic mass is 9.98. The van der Waals surface area contributed by atoms with Gasteiger partial charge in [-0.2, -0.15) is 5.26 Å². The Kier molecular flexibility index (Phi) is 4.21. The van der Waals surface area contributed by atoms with E-state index in [1.54, 1.807) is 6.33 Å². The highest BCUT2D eigenvalue weighted by molar-refractivity contribution is 5.94. The van der Waals surface area contributed by atoms with Crippen LogP contribution >= 0.6 is 0 Å². The Labute approximate surface area is 175 Å². The molecule has 1 saturated heterocycles. The molecule has 0 radical (unpaired) electrons. The fraction of sp³-hybridized carbons (Fsp3) is 0.478. The second kappa shape index (κ2) is 6.69. The summed E-state index contributed by atoms with van der Waals surface area (Å²) in [5.74, 6) is 1.48. The number of carbonyl (C=O) groups is 1. The number of oxime groups is 1. The molecule has 0 N–H and O–H groups in total. The van der Waals surface area contributed by atoms with Gasteiger partial charge in [0, 0.05) is 31.6 Å². The van der Waals surface area contributed by atoms with Crippen LogP contribution in [0.1, 0.15) is 54.8 Å². The molecule has 7 nitrogen and oxygen atoms in total. The summed E-state index contributed by atoms with van der Waals surface area (Å²) in [6, 6.07) is 9.66. The van der Waals surface area contributed by atoms with Gasteiger partial charge < -0.3 is 14.3 Å². The van der Waals surface area contributed by atoms with Crippen LogP contribution in [-0.2, 0) is 4.84 Å². The Balaban J connectivity index is 1.21. The minimum atomic E-state index is -0.194. The number of carbonyl (C=O) groups excluding carboxylic acids is 1. The monoisotopic (exact) mass is 403 g/mol. The zero-order valence-corrected chi connectivity index (χ0v) is 17.4. The number of rotatable bonds is 4. The van der Waals surface area contributed by atoms with Gasteiger partial charge in [-0.25, -0.2) is 4.98 Å². The van der Waals surface area contributed by atoms with E-state index in [0.29, 0.717) is 29.0 Å². The fourth-order valence-electron chi connectivity index (χ4n) is 4.88. The quantitative estimate of drug-likeness (QED) is 0.785. The molecule has 0 spiro atoms. The molecular formula is C23H25N5O2. The maximum atomic E-state index is 13.0. The van der Waals surface area contributed by atoms with Crippen LogP contribution < -0.4 is 0 Å². The van der Waals surface area contributed by atoms with Gasteiger partial charge in [-0.15, -0.1) is 0 Å². The second-order valence-electron chi connectivity index (χ2n) is 9.29. The predicted molar refractivity (Wildman–Crippen MR) is 111 cm³/mol. The Hall–Kier alpha value is -3.14. The number of piperidine rings is 1. The van der Waals surface area contributed by atoms with Gasteiger partial charge in [-0.3, -0.25) is 4.79 Å². The van der Waals surface area contributed by atoms with Gasteiger partial charge in [0.15, 0.2) is 0 Å². The normalized spacial score (nSPS) is 27.1. The molecular weight excluding hydrogens is 378 g/mol. The van der Waals surface area contributed by atoms with Crippen LogP contribution in [0.4, 0.5) is 0 Å². The van der Waals surface area contributed by atoms with Gasteiger partial charge in [-0.1, -0.05) is 17.3 Å². The van der Waals surface area contributed by atoms with E-state index in [2.05, 4.69) is 37.0 Å². The van der Waals surface area contributed by atoms with Crippen LogP contribution in [0, 0.1) is 29.1 Å². The van der Waals surface area contributed by atoms with E-state index in [1.807, 2.05) is 39.9 Å². The summed E-state index contributed by atoms with van der Waals surface area (Å²) < 4.78 is 1.95. The lowest BCUT2D eigenvalue weighted by Gasteiger charge is -2.19. The molecule has 1 aliphatic carbocycles. The number of amides is 1. The van der Waals surface area contributed by atoms with Crippen LogP contribution in [-0.4, -0.2) is 44.8 Å². The molecule has 7 heteroatoms. The Morgan fingerprint density at radius 1 is 1.27 bits per heavy atom. The molecule has 3 atom stereocenters. The summed E-state index contributed by atoms with van der Waals surface area (Å²) in [7, 11) is 0. The minimum absolute atomic E-state index is 0.00308. The average molecular weight is 403 g/mol. The highest BCUT2D eigenvalue weighted by Gasteiger charge is 2.60. The molecule has 2 aromatic rings. The van der Waals surface area contributed by atoms with Crippen LogP contribution in [0.15, 0.2) is 41.9 Å². The smallest absolute Gasteiger partial charge is 0.274 e. The zero-order chi connectivity index (χ0) is 21.0. The fourth-order valence-corrected chi connectivity index (χ4v) is 4.88. The molecule has 1 saturated carbocycles. The van der Waals surface area contributed by atoms with Crippen LogP contribution in [0.2, 0.25) is 0 Å². The summed E-state index contributed by atoms with van der Waals surface area (Å²) in [4.78, 5) is 24.8. The summed E-state index contributed by atoms with van der Waals surface area (Å²) in [6.45, 7) is 7.72. The lowest BCUT2D eigenvalue weighted by molar-refractivity contribution is 0.0123. The molecule has 1 aromatic carbocycles. The van der Waals surface area contributed by atoms with Gasteiger partial charge in [0.25, 0.3) is 5.91 Å². The van der Waals surface area contributed by atoms with E-state index >= 15 is 0 Å². The van der Waals surface area contributed by atoms with E-state index in [4.69, 9.17) is 10.1 Å². The Morgan fingerprint density at radius 2 is 1.97 bits per heavy atom. The first-order chi connectivity index (χ1) is 14.4. The second-order valence-corrected chi connectivity index (χ2v) is 9.29. The number of likely N-dealkylation sites (tertiary alicyclic amines) is 1. The summed E-state index contributed by atoms with van der Waals surface area (Å²) in [5.41, 5.74) is 3.16. The number of aromatic nitrogens is 2. The number of nitrogens with zero attached hydrogens (tertiary/aromatic N) is 5. The van der Waals surface area contributed by atoms with Crippen molar-refractivity contribution < 1.29 is 9.63 Å². The van der Waals surface area contributed by atoms with Crippen LogP contribution in [0.3, 0.4) is 0 Å². The van der Waals surface area contributed by atoms with Crippen molar-refractivity contribution >= 4 is 11.6 Å². The minimum Gasteiger partial charge on any atom is -0.389 e. The maximum Gasteiger partial charge on any atom is 0.274 e. The SMILES string of the molecule is C[C@@H](c1ccc(C#N)cc1)n1cnc(C(=O)N2CC3C(C2)C3C2=NOC(C)(C)C2)c1. The van der Waals surface area contributed by atoms with Crippen molar-refractivity contribution in [1.82, 2.24) is 14.5 Å². The van der Waals surface area contributed by atoms with Crippen molar-refractivity contribution in [2.75, 3.05) is 13.1 Å². The lowest BCUT2D eigenvalue weighted by Crippen LogP contribution is -2.33. The van der Waals surface area contributed by atoms with Gasteiger partial charge in [0.1, 0.15) is 11.3 Å². The van der Waals surface area contributed by atoms with Gasteiger partial charge in [0.05, 0.1) is 29.7 Å². The molecule has 5 rings (SSSR count). The third kappa shape index (κ3) is 3.17. The number of imidazole rings is 1. The van der Waals surface area contributed by atoms with E-state index in [9.17, 15) is 4.79 Å². The molecule has 1 aromatic heterocycles. The molecule has 154 valence electrons. The highest BCUT2D eigenvalue weighted by atomic mass is 16.7. The Bertz CT molecular complexity index is 1050. The average Bonchev–Trinajstić information content (AvgIpc) is 3.17. The first-order valence-electron chi connectivity index (χ1n) is 10.4. The highest BCUT2D eigenvalue weighted by Crippen LogP contribution is 2.54. The number of benzene rings is 1. The largest absolute Gasteiger partial charge is 0.389 e.